The Labute approximate surface area is 98.6 Å². The Balaban J connectivity index is 2.27. The Bertz CT molecular complexity index is 448. The molecule has 0 saturated carbocycles. The Morgan fingerprint density at radius 3 is 2.94 bits per heavy atom. The summed E-state index contributed by atoms with van der Waals surface area (Å²) in [7, 11) is -3.47. The summed E-state index contributed by atoms with van der Waals surface area (Å²) in [6, 6.07) is 0. The first-order valence-corrected chi connectivity index (χ1v) is 7.58. The van der Waals surface area contributed by atoms with Gasteiger partial charge in [-0.15, -0.1) is 0 Å². The van der Waals surface area contributed by atoms with E-state index in [9.17, 15) is 8.42 Å². The van der Waals surface area contributed by atoms with E-state index in [0.29, 0.717) is 13.1 Å². The number of nitrogen functional groups attached to an aromatic ring is 1. The Hall–Kier alpha value is -0.730. The van der Waals surface area contributed by atoms with Crippen LogP contribution in [-0.2, 0) is 10.0 Å². The molecule has 1 saturated heterocycles. The molecule has 0 bridgehead atoms. The van der Waals surface area contributed by atoms with Crippen molar-refractivity contribution in [1.29, 1.82) is 0 Å². The normalized spacial score (nSPS) is 19.5. The number of hydrogen-bond donors (Lipinski definition) is 2. The minimum atomic E-state index is -3.47. The van der Waals surface area contributed by atoms with Gasteiger partial charge in [-0.05, 0) is 12.2 Å². The molecule has 1 aliphatic heterocycles. The molecule has 90 valence electrons. The average Bonchev–Trinajstić information content (AvgIpc) is 2.55. The largest absolute Gasteiger partial charge is 0.383 e. The number of nitrogens with zero attached hydrogens (tertiary/aromatic N) is 2. The minimum absolute atomic E-state index is 0.0828. The van der Waals surface area contributed by atoms with Gasteiger partial charge in [0.25, 0.3) is 0 Å². The zero-order chi connectivity index (χ0) is 11.6. The molecule has 1 aromatic rings. The van der Waals surface area contributed by atoms with Crippen molar-refractivity contribution >= 4 is 27.6 Å². The molecule has 1 fully saturated rings. The second-order valence-electron chi connectivity index (χ2n) is 3.52. The van der Waals surface area contributed by atoms with Gasteiger partial charge in [-0.1, -0.05) is 0 Å². The summed E-state index contributed by atoms with van der Waals surface area (Å²) < 4.78 is 25.9. The number of sulfonamides is 1. The van der Waals surface area contributed by atoms with Gasteiger partial charge >= 0.3 is 0 Å². The molecule has 2 rings (SSSR count). The van der Waals surface area contributed by atoms with E-state index in [1.54, 1.807) is 11.8 Å². The quantitative estimate of drug-likeness (QED) is 0.790. The number of aromatic amines is 1. The number of rotatable bonds is 2. The SMILES string of the molecule is Nc1[nH]ncc1S(=O)(=O)N1CCCSCC1. The Morgan fingerprint density at radius 1 is 1.44 bits per heavy atom. The van der Waals surface area contributed by atoms with Crippen molar-refractivity contribution in [3.8, 4) is 0 Å². The van der Waals surface area contributed by atoms with E-state index in [2.05, 4.69) is 10.2 Å². The summed E-state index contributed by atoms with van der Waals surface area (Å²) in [4.78, 5) is 0.0828. The lowest BCUT2D eigenvalue weighted by atomic mass is 10.5. The maximum absolute atomic E-state index is 12.2. The second kappa shape index (κ2) is 4.64. The van der Waals surface area contributed by atoms with Gasteiger partial charge in [-0.2, -0.15) is 21.2 Å². The van der Waals surface area contributed by atoms with Crippen LogP contribution in [0.3, 0.4) is 0 Å². The van der Waals surface area contributed by atoms with Gasteiger partial charge in [-0.3, -0.25) is 5.10 Å². The first-order chi connectivity index (χ1) is 7.62. The number of anilines is 1. The lowest BCUT2D eigenvalue weighted by molar-refractivity contribution is 0.435. The van der Waals surface area contributed by atoms with Gasteiger partial charge in [0.05, 0.1) is 6.20 Å². The molecule has 6 nitrogen and oxygen atoms in total. The third-order valence-corrected chi connectivity index (χ3v) is 5.41. The van der Waals surface area contributed by atoms with Crippen LogP contribution in [0.1, 0.15) is 6.42 Å². The summed E-state index contributed by atoms with van der Waals surface area (Å²) in [5.74, 6) is 1.95. The highest BCUT2D eigenvalue weighted by Gasteiger charge is 2.28. The molecule has 0 amide bonds. The fraction of sp³-hybridized carbons (Fsp3) is 0.625. The van der Waals surface area contributed by atoms with Crippen molar-refractivity contribution in [1.82, 2.24) is 14.5 Å². The molecule has 3 N–H and O–H groups in total. The van der Waals surface area contributed by atoms with Crippen molar-refractivity contribution in [2.24, 2.45) is 0 Å². The standard InChI is InChI=1S/C8H14N4O2S2/c9-8-7(6-10-11-8)16(13,14)12-2-1-4-15-5-3-12/h6H,1-5H2,(H3,9,10,11). The van der Waals surface area contributed by atoms with Crippen LogP contribution in [-0.4, -0.2) is 47.5 Å². The number of nitrogens with one attached hydrogen (secondary N) is 1. The van der Waals surface area contributed by atoms with E-state index >= 15 is 0 Å². The van der Waals surface area contributed by atoms with Crippen LogP contribution in [0.5, 0.6) is 0 Å². The lowest BCUT2D eigenvalue weighted by Gasteiger charge is -2.18. The number of thioether (sulfide) groups is 1. The van der Waals surface area contributed by atoms with E-state index in [-0.39, 0.29) is 10.7 Å². The summed E-state index contributed by atoms with van der Waals surface area (Å²) >= 11 is 1.78. The summed E-state index contributed by atoms with van der Waals surface area (Å²) in [5, 5.41) is 6.09. The molecule has 1 aromatic heterocycles. The molecular formula is C8H14N4O2S2. The molecule has 0 atom stereocenters. The smallest absolute Gasteiger partial charge is 0.248 e. The van der Waals surface area contributed by atoms with Crippen LogP contribution in [0.2, 0.25) is 0 Å². The second-order valence-corrected chi connectivity index (χ2v) is 6.65. The predicted octanol–water partition coefficient (Wildman–Crippen LogP) is 0.120. The maximum atomic E-state index is 12.2. The van der Waals surface area contributed by atoms with Crippen molar-refractivity contribution in [3.05, 3.63) is 6.20 Å². The molecule has 0 unspecified atom stereocenters. The average molecular weight is 262 g/mol. The molecule has 1 aliphatic rings. The van der Waals surface area contributed by atoms with Gasteiger partial charge in [0.2, 0.25) is 10.0 Å². The topological polar surface area (TPSA) is 92.1 Å². The zero-order valence-corrected chi connectivity index (χ0v) is 10.4. The molecule has 2 heterocycles. The molecule has 0 aromatic carbocycles. The zero-order valence-electron chi connectivity index (χ0n) is 8.72. The molecule has 0 spiro atoms. The number of nitrogens with two attached hydrogens (primary N) is 1. The highest BCUT2D eigenvalue weighted by atomic mass is 32.2. The lowest BCUT2D eigenvalue weighted by Crippen LogP contribution is -2.33. The Morgan fingerprint density at radius 2 is 2.25 bits per heavy atom. The third-order valence-electron chi connectivity index (χ3n) is 2.43. The van der Waals surface area contributed by atoms with Crippen LogP contribution in [0.15, 0.2) is 11.1 Å². The number of hydrogen-bond acceptors (Lipinski definition) is 5. The van der Waals surface area contributed by atoms with Gasteiger partial charge < -0.3 is 5.73 Å². The van der Waals surface area contributed by atoms with E-state index < -0.39 is 10.0 Å². The van der Waals surface area contributed by atoms with E-state index in [4.69, 9.17) is 5.73 Å². The van der Waals surface area contributed by atoms with Gasteiger partial charge in [0, 0.05) is 18.8 Å². The van der Waals surface area contributed by atoms with Crippen LogP contribution in [0.25, 0.3) is 0 Å². The summed E-state index contributed by atoms with van der Waals surface area (Å²) in [6.45, 7) is 1.09. The van der Waals surface area contributed by atoms with Crippen LogP contribution >= 0.6 is 11.8 Å². The van der Waals surface area contributed by atoms with Crippen molar-refractivity contribution < 1.29 is 8.42 Å². The fourth-order valence-electron chi connectivity index (χ4n) is 1.59. The first kappa shape index (κ1) is 11.7. The van der Waals surface area contributed by atoms with Gasteiger partial charge in [-0.25, -0.2) is 8.42 Å². The van der Waals surface area contributed by atoms with E-state index in [0.717, 1.165) is 17.9 Å². The van der Waals surface area contributed by atoms with Crippen molar-refractivity contribution in [2.75, 3.05) is 30.3 Å². The van der Waals surface area contributed by atoms with Crippen LogP contribution in [0.4, 0.5) is 5.82 Å². The molecule has 8 heteroatoms. The van der Waals surface area contributed by atoms with Crippen molar-refractivity contribution in [2.45, 2.75) is 11.3 Å². The Kier molecular flexibility index (Phi) is 3.41. The fourth-order valence-corrected chi connectivity index (χ4v) is 4.08. The number of aromatic nitrogens is 2. The number of H-pyrrole nitrogens is 1. The third kappa shape index (κ3) is 2.18. The van der Waals surface area contributed by atoms with E-state index in [1.807, 2.05) is 0 Å². The molecule has 16 heavy (non-hydrogen) atoms. The first-order valence-electron chi connectivity index (χ1n) is 4.99. The van der Waals surface area contributed by atoms with E-state index in [1.165, 1.54) is 10.5 Å². The summed E-state index contributed by atoms with van der Waals surface area (Å²) in [6.07, 6.45) is 2.14. The summed E-state index contributed by atoms with van der Waals surface area (Å²) in [5.41, 5.74) is 5.54. The highest BCUT2D eigenvalue weighted by molar-refractivity contribution is 7.99. The molecular weight excluding hydrogens is 248 g/mol. The van der Waals surface area contributed by atoms with Gasteiger partial charge in [0.15, 0.2) is 0 Å². The minimum Gasteiger partial charge on any atom is -0.383 e. The maximum Gasteiger partial charge on any atom is 0.248 e. The molecule has 0 aliphatic carbocycles. The van der Waals surface area contributed by atoms with Crippen LogP contribution < -0.4 is 5.73 Å². The monoisotopic (exact) mass is 262 g/mol. The highest BCUT2D eigenvalue weighted by Crippen LogP contribution is 2.22. The van der Waals surface area contributed by atoms with Crippen molar-refractivity contribution in [3.63, 3.8) is 0 Å². The molecule has 0 radical (unpaired) electrons. The van der Waals surface area contributed by atoms with Gasteiger partial charge in [0.1, 0.15) is 10.7 Å². The van der Waals surface area contributed by atoms with Crippen LogP contribution in [0, 0.1) is 0 Å². The predicted molar refractivity (Wildman–Crippen MR) is 63.7 cm³/mol.